The average Bonchev–Trinajstić information content (AvgIpc) is 2.98. The molecule has 12 N–H and O–H groups in total. The second-order valence-corrected chi connectivity index (χ2v) is 11.1. The molecule has 0 aromatic rings. The van der Waals surface area contributed by atoms with Crippen LogP contribution >= 0.6 is 0 Å². The van der Waals surface area contributed by atoms with Gasteiger partial charge in [0.2, 0.25) is 0 Å². The van der Waals surface area contributed by atoms with Gasteiger partial charge in [-0.05, 0) is 18.8 Å². The van der Waals surface area contributed by atoms with Gasteiger partial charge in [-0.3, -0.25) is 43.2 Å². The molecule has 1 rings (SSSR count). The molecule has 22 heteroatoms. The quantitative estimate of drug-likeness (QED) is 0.0931. The lowest BCUT2D eigenvalue weighted by molar-refractivity contribution is -0.179. The lowest BCUT2D eigenvalue weighted by Crippen LogP contribution is -2.50. The monoisotopic (exact) mass is 798 g/mol. The molecule has 314 valence electrons. The minimum atomic E-state index is -1.77. The first-order valence-electron chi connectivity index (χ1n) is 15.4. The summed E-state index contributed by atoms with van der Waals surface area (Å²) in [5.41, 5.74) is 0. The first kappa shape index (κ1) is 58.7. The molecule has 0 bridgehead atoms. The fourth-order valence-electron chi connectivity index (χ4n) is 4.32. The van der Waals surface area contributed by atoms with Crippen molar-refractivity contribution < 1.29 is 109 Å². The van der Waals surface area contributed by atoms with Gasteiger partial charge in [-0.15, -0.1) is 18.8 Å². The number of Topliss-reactive ketones (excluding diaryl/α,β-unsaturated/α-hetero) is 1. The van der Waals surface area contributed by atoms with E-state index in [1.807, 2.05) is 5.92 Å². The van der Waals surface area contributed by atoms with E-state index >= 15 is 0 Å². The van der Waals surface area contributed by atoms with Crippen LogP contribution in [0.5, 0.6) is 0 Å². The van der Waals surface area contributed by atoms with Crippen LogP contribution in [0.3, 0.4) is 0 Å². The lowest BCUT2D eigenvalue weighted by atomic mass is 9.68. The normalized spacial score (nSPS) is 19.7. The highest BCUT2D eigenvalue weighted by atomic mass is 16.5. The Morgan fingerprint density at radius 3 is 1.11 bits per heavy atom. The molecule has 9 atom stereocenters. The van der Waals surface area contributed by atoms with Crippen molar-refractivity contribution in [2.45, 2.75) is 110 Å². The third-order valence-corrected chi connectivity index (χ3v) is 6.10. The molecular formula is C33H50O22. The summed E-state index contributed by atoms with van der Waals surface area (Å²) in [5.74, 6) is -7.32. The molecule has 0 aromatic heterocycles. The minimum Gasteiger partial charge on any atom is -0.481 e. The van der Waals surface area contributed by atoms with Crippen LogP contribution in [0.4, 0.5) is 0 Å². The Morgan fingerprint density at radius 2 is 0.836 bits per heavy atom. The molecule has 1 heterocycles. The number of aliphatic hydroxyl groups is 4. The van der Waals surface area contributed by atoms with Crippen molar-refractivity contribution >= 4 is 53.5 Å². The van der Waals surface area contributed by atoms with Gasteiger partial charge >= 0.3 is 23.9 Å². The number of carbonyl (C=O) groups is 9. The van der Waals surface area contributed by atoms with Crippen LogP contribution in [-0.4, -0.2) is 151 Å². The van der Waals surface area contributed by atoms with Gasteiger partial charge in [0.05, 0.1) is 44.0 Å². The molecule has 55 heavy (non-hydrogen) atoms. The van der Waals surface area contributed by atoms with Crippen molar-refractivity contribution in [1.82, 2.24) is 0 Å². The summed E-state index contributed by atoms with van der Waals surface area (Å²) < 4.78 is 5.63. The number of carboxylic acids is 8. The third kappa shape index (κ3) is 37.9. The number of ether oxygens (including phenoxy) is 1. The van der Waals surface area contributed by atoms with Crippen molar-refractivity contribution in [2.24, 2.45) is 17.8 Å². The van der Waals surface area contributed by atoms with Gasteiger partial charge in [0.25, 0.3) is 23.9 Å². The predicted octanol–water partition coefficient (Wildman–Crippen LogP) is -1.07. The van der Waals surface area contributed by atoms with Gasteiger partial charge in [-0.2, -0.15) is 0 Å². The summed E-state index contributed by atoms with van der Waals surface area (Å²) in [4.78, 5) is 91.6. The SMILES string of the molecule is C#CCC(=O)[C@@H](O)[C@H](O)[C@H](O)[C@H](C)O.C#CC[C@@H]1O[C@@H](CC(=O)O)[C@@H](CC(=O)O)[C@H](CC(=O)O)C1CC(=O)O.CC(=O)O.CC(=O)O.CC(=O)O.CC(=O)O. The van der Waals surface area contributed by atoms with Crippen LogP contribution in [0.25, 0.3) is 0 Å². The first-order chi connectivity index (χ1) is 25.0. The van der Waals surface area contributed by atoms with Crippen molar-refractivity contribution in [3.05, 3.63) is 0 Å². The number of carbonyl (C=O) groups excluding carboxylic acids is 1. The molecule has 1 unspecified atom stereocenters. The maximum absolute atomic E-state index is 11.2. The lowest BCUT2D eigenvalue weighted by Gasteiger charge is -2.45. The van der Waals surface area contributed by atoms with Crippen LogP contribution in [0.2, 0.25) is 0 Å². The summed E-state index contributed by atoms with van der Waals surface area (Å²) in [7, 11) is 0. The van der Waals surface area contributed by atoms with E-state index in [1.54, 1.807) is 0 Å². The Kier molecular flexibility index (Phi) is 35.1. The summed E-state index contributed by atoms with van der Waals surface area (Å²) in [6, 6.07) is 0. The topological polar surface area (TPSA) is 406 Å². The number of aliphatic carboxylic acids is 8. The summed E-state index contributed by atoms with van der Waals surface area (Å²) >= 11 is 0. The minimum absolute atomic E-state index is 0.0238. The number of carboxylic acid groups (broad SMARTS) is 8. The van der Waals surface area contributed by atoms with Crippen LogP contribution in [-0.2, 0) is 47.9 Å². The second kappa shape index (κ2) is 33.0. The van der Waals surface area contributed by atoms with Crippen LogP contribution in [0.1, 0.15) is 73.1 Å². The van der Waals surface area contributed by atoms with Gasteiger partial charge in [0.1, 0.15) is 18.3 Å². The molecule has 1 aliphatic rings. The maximum Gasteiger partial charge on any atom is 0.305 e. The van der Waals surface area contributed by atoms with E-state index < -0.39 is 134 Å². The number of rotatable bonds is 14. The number of ketones is 1. The van der Waals surface area contributed by atoms with E-state index in [0.717, 1.165) is 27.7 Å². The Hall–Kier alpha value is -5.65. The van der Waals surface area contributed by atoms with Crippen molar-refractivity contribution in [3.8, 4) is 24.7 Å². The Labute approximate surface area is 315 Å². The standard InChI is InChI=1S/C16H20O9.C9H14O5.4C2H4O2/c1-2-3-11-9(5-14(19)20)8(4-13(17)18)10(6-15(21)22)12(25-11)7-16(23)24;1-3-4-6(11)8(13)9(14)7(12)5(2)10;4*1-2(3)4/h1,8-12H,3-7H2,(H,17,18)(H,19,20)(H,21,22)(H,23,24);1,5,7-10,12-14H,4H2,2H3;4*1H3,(H,3,4)/t8-,9?,10+,11+,12+;5-,7+,8+,9+;;;;/m10..../s1. The fraction of sp³-hybridized carbons (Fsp3) is 0.606. The third-order valence-electron chi connectivity index (χ3n) is 6.10. The van der Waals surface area contributed by atoms with E-state index in [4.69, 9.17) is 87.8 Å². The zero-order chi connectivity index (χ0) is 44.8. The molecule has 0 spiro atoms. The Balaban J connectivity index is -0.000000231. The highest BCUT2D eigenvalue weighted by Crippen LogP contribution is 2.43. The Bertz CT molecular complexity index is 1260. The van der Waals surface area contributed by atoms with Crippen LogP contribution < -0.4 is 0 Å². The largest absolute Gasteiger partial charge is 0.481 e. The number of aliphatic hydroxyl groups excluding tert-OH is 4. The van der Waals surface area contributed by atoms with Crippen LogP contribution in [0.15, 0.2) is 0 Å². The summed E-state index contributed by atoms with van der Waals surface area (Å²) in [6.45, 7) is 5.56. The summed E-state index contributed by atoms with van der Waals surface area (Å²) in [5, 5.41) is 102. The van der Waals surface area contributed by atoms with E-state index in [9.17, 15) is 34.2 Å². The van der Waals surface area contributed by atoms with Gasteiger partial charge in [0.15, 0.2) is 5.78 Å². The molecule has 1 aliphatic heterocycles. The van der Waals surface area contributed by atoms with E-state index in [1.165, 1.54) is 6.92 Å². The van der Waals surface area contributed by atoms with Gasteiger partial charge in [0, 0.05) is 46.5 Å². The fourth-order valence-corrected chi connectivity index (χ4v) is 4.32. The molecule has 1 fully saturated rings. The molecule has 0 aromatic carbocycles. The number of hydrogen-bond acceptors (Lipinski definition) is 14. The van der Waals surface area contributed by atoms with Crippen molar-refractivity contribution in [1.29, 1.82) is 0 Å². The van der Waals surface area contributed by atoms with Crippen molar-refractivity contribution in [3.63, 3.8) is 0 Å². The molecule has 0 amide bonds. The average molecular weight is 799 g/mol. The van der Waals surface area contributed by atoms with E-state index in [0.29, 0.717) is 0 Å². The number of terminal acetylenes is 2. The molecule has 0 saturated carbocycles. The number of hydrogen-bond donors (Lipinski definition) is 12. The highest BCUT2D eigenvalue weighted by Gasteiger charge is 2.48. The zero-order valence-electron chi connectivity index (χ0n) is 30.5. The second-order valence-electron chi connectivity index (χ2n) is 11.1. The van der Waals surface area contributed by atoms with Gasteiger partial charge in [-0.25, -0.2) is 0 Å². The Morgan fingerprint density at radius 1 is 0.527 bits per heavy atom. The smallest absolute Gasteiger partial charge is 0.305 e. The van der Waals surface area contributed by atoms with Gasteiger partial charge < -0.3 is 66.0 Å². The molecular weight excluding hydrogens is 748 g/mol. The molecule has 0 radical (unpaired) electrons. The molecule has 0 aliphatic carbocycles. The predicted molar refractivity (Wildman–Crippen MR) is 183 cm³/mol. The van der Waals surface area contributed by atoms with Gasteiger partial charge in [-0.1, -0.05) is 5.92 Å². The zero-order valence-corrected chi connectivity index (χ0v) is 30.5. The van der Waals surface area contributed by atoms with Crippen LogP contribution in [0, 0.1) is 42.4 Å². The summed E-state index contributed by atoms with van der Waals surface area (Å²) in [6.07, 6.45) is -0.450. The van der Waals surface area contributed by atoms with E-state index in [2.05, 4.69) is 5.92 Å². The van der Waals surface area contributed by atoms with E-state index in [-0.39, 0.29) is 12.8 Å². The molecule has 22 nitrogen and oxygen atoms in total. The van der Waals surface area contributed by atoms with Crippen molar-refractivity contribution in [2.75, 3.05) is 0 Å². The maximum atomic E-state index is 11.2. The first-order valence-corrected chi connectivity index (χ1v) is 15.4. The molecule has 1 saturated heterocycles. The highest BCUT2D eigenvalue weighted by molar-refractivity contribution is 5.85.